The van der Waals surface area contributed by atoms with E-state index < -0.39 is 5.91 Å². The third-order valence-corrected chi connectivity index (χ3v) is 2.96. The number of hydrogen-bond donors (Lipinski definition) is 1. The SMILES string of the molecule is Cc1cc(Cl)ncc1NC(=O)c1cc(Cl)nnc1Cl. The van der Waals surface area contributed by atoms with Crippen LogP contribution in [0.1, 0.15) is 15.9 Å². The molecule has 2 rings (SSSR count). The van der Waals surface area contributed by atoms with Gasteiger partial charge in [0.05, 0.1) is 17.4 Å². The summed E-state index contributed by atoms with van der Waals surface area (Å²) in [5.41, 5.74) is 1.44. The Balaban J connectivity index is 2.28. The highest BCUT2D eigenvalue weighted by atomic mass is 35.5. The van der Waals surface area contributed by atoms with Crippen molar-refractivity contribution in [3.63, 3.8) is 0 Å². The van der Waals surface area contributed by atoms with E-state index in [0.29, 0.717) is 10.8 Å². The molecule has 0 spiro atoms. The fourth-order valence-electron chi connectivity index (χ4n) is 1.35. The van der Waals surface area contributed by atoms with Crippen LogP contribution in [0.3, 0.4) is 0 Å². The van der Waals surface area contributed by atoms with E-state index >= 15 is 0 Å². The lowest BCUT2D eigenvalue weighted by molar-refractivity contribution is 0.102. The van der Waals surface area contributed by atoms with E-state index in [0.717, 1.165) is 5.56 Å². The lowest BCUT2D eigenvalue weighted by Crippen LogP contribution is -2.14. The molecule has 1 N–H and O–H groups in total. The molecule has 0 bridgehead atoms. The summed E-state index contributed by atoms with van der Waals surface area (Å²) in [6, 6.07) is 2.97. The molecular weight excluding hydrogens is 311 g/mol. The fraction of sp³-hybridized carbons (Fsp3) is 0.0909. The van der Waals surface area contributed by atoms with Gasteiger partial charge in [-0.3, -0.25) is 4.79 Å². The molecule has 2 heterocycles. The fourth-order valence-corrected chi connectivity index (χ4v) is 1.89. The molecule has 0 atom stereocenters. The summed E-state index contributed by atoms with van der Waals surface area (Å²) < 4.78 is 0. The molecule has 2 aromatic rings. The summed E-state index contributed by atoms with van der Waals surface area (Å²) in [6.45, 7) is 1.79. The first kappa shape index (κ1) is 14.0. The Bertz CT molecular complexity index is 648. The molecule has 0 fully saturated rings. The maximum absolute atomic E-state index is 12.0. The molecule has 0 aliphatic rings. The number of pyridine rings is 1. The Kier molecular flexibility index (Phi) is 4.19. The van der Waals surface area contributed by atoms with Crippen molar-refractivity contribution in [1.29, 1.82) is 0 Å². The third-order valence-electron chi connectivity index (χ3n) is 2.29. The smallest absolute Gasteiger partial charge is 0.259 e. The van der Waals surface area contributed by atoms with Crippen LogP contribution in [-0.2, 0) is 0 Å². The standard InChI is InChI=1S/C11H7Cl3N4O/c1-5-2-8(12)15-4-7(5)16-11(19)6-3-9(13)17-18-10(6)14/h2-4H,1H3,(H,16,19). The highest BCUT2D eigenvalue weighted by molar-refractivity contribution is 6.34. The second-order valence-electron chi connectivity index (χ2n) is 3.65. The van der Waals surface area contributed by atoms with Gasteiger partial charge in [0, 0.05) is 0 Å². The highest BCUT2D eigenvalue weighted by Crippen LogP contribution is 2.20. The second-order valence-corrected chi connectivity index (χ2v) is 4.78. The molecule has 0 aliphatic carbocycles. The average molecular weight is 318 g/mol. The van der Waals surface area contributed by atoms with Gasteiger partial charge >= 0.3 is 0 Å². The van der Waals surface area contributed by atoms with Gasteiger partial charge in [0.25, 0.3) is 5.91 Å². The van der Waals surface area contributed by atoms with Gasteiger partial charge in [0.1, 0.15) is 5.15 Å². The number of halogens is 3. The molecule has 1 amide bonds. The van der Waals surface area contributed by atoms with Crippen molar-refractivity contribution in [2.75, 3.05) is 5.32 Å². The average Bonchev–Trinajstić information content (AvgIpc) is 2.35. The first-order valence-corrected chi connectivity index (χ1v) is 6.23. The summed E-state index contributed by atoms with van der Waals surface area (Å²) in [6.07, 6.45) is 1.46. The first-order valence-electron chi connectivity index (χ1n) is 5.09. The van der Waals surface area contributed by atoms with E-state index in [9.17, 15) is 4.79 Å². The Morgan fingerprint density at radius 2 is 1.89 bits per heavy atom. The zero-order valence-corrected chi connectivity index (χ0v) is 11.9. The predicted molar refractivity (Wildman–Crippen MR) is 74.0 cm³/mol. The van der Waals surface area contributed by atoms with E-state index in [1.807, 2.05) is 0 Å². The van der Waals surface area contributed by atoms with Crippen LogP contribution >= 0.6 is 34.8 Å². The van der Waals surface area contributed by atoms with Crippen LogP contribution in [0.25, 0.3) is 0 Å². The van der Waals surface area contributed by atoms with Gasteiger partial charge < -0.3 is 5.32 Å². The molecule has 8 heteroatoms. The van der Waals surface area contributed by atoms with Crippen LogP contribution in [0.15, 0.2) is 18.3 Å². The lowest BCUT2D eigenvalue weighted by atomic mass is 10.2. The molecule has 0 unspecified atom stereocenters. The second kappa shape index (κ2) is 5.69. The van der Waals surface area contributed by atoms with E-state index in [-0.39, 0.29) is 15.9 Å². The summed E-state index contributed by atoms with van der Waals surface area (Å²) in [7, 11) is 0. The molecule has 0 saturated heterocycles. The monoisotopic (exact) mass is 316 g/mol. The largest absolute Gasteiger partial charge is 0.320 e. The van der Waals surface area contributed by atoms with E-state index in [1.165, 1.54) is 12.3 Å². The number of anilines is 1. The van der Waals surface area contributed by atoms with Gasteiger partial charge in [-0.1, -0.05) is 34.8 Å². The zero-order chi connectivity index (χ0) is 14.0. The number of amides is 1. The highest BCUT2D eigenvalue weighted by Gasteiger charge is 2.14. The topological polar surface area (TPSA) is 67.8 Å². The number of nitrogens with one attached hydrogen (secondary N) is 1. The van der Waals surface area contributed by atoms with Crippen LogP contribution < -0.4 is 5.32 Å². The van der Waals surface area contributed by atoms with Crippen LogP contribution in [-0.4, -0.2) is 21.1 Å². The van der Waals surface area contributed by atoms with Crippen LogP contribution in [0, 0.1) is 6.92 Å². The molecule has 0 aromatic carbocycles. The molecule has 19 heavy (non-hydrogen) atoms. The van der Waals surface area contributed by atoms with Crippen molar-refractivity contribution in [2.45, 2.75) is 6.92 Å². The minimum atomic E-state index is -0.450. The number of rotatable bonds is 2. The van der Waals surface area contributed by atoms with Crippen LogP contribution in [0.2, 0.25) is 15.5 Å². The maximum Gasteiger partial charge on any atom is 0.259 e. The number of hydrogen-bond acceptors (Lipinski definition) is 4. The van der Waals surface area contributed by atoms with Crippen molar-refractivity contribution >= 4 is 46.4 Å². The number of carbonyl (C=O) groups is 1. The van der Waals surface area contributed by atoms with E-state index in [2.05, 4.69) is 20.5 Å². The van der Waals surface area contributed by atoms with E-state index in [4.69, 9.17) is 34.8 Å². The Labute approximate surface area is 123 Å². The molecule has 5 nitrogen and oxygen atoms in total. The van der Waals surface area contributed by atoms with E-state index in [1.54, 1.807) is 13.0 Å². The van der Waals surface area contributed by atoms with Crippen molar-refractivity contribution in [1.82, 2.24) is 15.2 Å². The molecule has 0 saturated carbocycles. The maximum atomic E-state index is 12.0. The first-order chi connectivity index (χ1) is 8.97. The number of aromatic nitrogens is 3. The van der Waals surface area contributed by atoms with Gasteiger partial charge in [0.15, 0.2) is 10.3 Å². The third kappa shape index (κ3) is 3.32. The van der Waals surface area contributed by atoms with Crippen LogP contribution in [0.4, 0.5) is 5.69 Å². The van der Waals surface area contributed by atoms with Gasteiger partial charge in [-0.05, 0) is 24.6 Å². The quantitative estimate of drug-likeness (QED) is 0.862. The minimum absolute atomic E-state index is 0.0264. The molecule has 98 valence electrons. The summed E-state index contributed by atoms with van der Waals surface area (Å²) in [4.78, 5) is 15.9. The molecule has 0 radical (unpaired) electrons. The van der Waals surface area contributed by atoms with Crippen molar-refractivity contribution in [2.24, 2.45) is 0 Å². The summed E-state index contributed by atoms with van der Waals surface area (Å²) in [5, 5.41) is 10.2. The number of carbonyl (C=O) groups excluding carboxylic acids is 1. The number of aryl methyl sites for hydroxylation is 1. The predicted octanol–water partition coefficient (Wildman–Crippen LogP) is 3.39. The van der Waals surface area contributed by atoms with Gasteiger partial charge in [-0.2, -0.15) is 0 Å². The van der Waals surface area contributed by atoms with Gasteiger partial charge in [0.2, 0.25) is 0 Å². The molecular formula is C11H7Cl3N4O. The van der Waals surface area contributed by atoms with Crippen molar-refractivity contribution in [3.05, 3.63) is 44.9 Å². The van der Waals surface area contributed by atoms with Gasteiger partial charge in [-0.15, -0.1) is 10.2 Å². The summed E-state index contributed by atoms with van der Waals surface area (Å²) >= 11 is 17.2. The number of nitrogens with zero attached hydrogens (tertiary/aromatic N) is 3. The van der Waals surface area contributed by atoms with Gasteiger partial charge in [-0.25, -0.2) is 4.98 Å². The minimum Gasteiger partial charge on any atom is -0.320 e. The lowest BCUT2D eigenvalue weighted by Gasteiger charge is -2.08. The van der Waals surface area contributed by atoms with Crippen molar-refractivity contribution in [3.8, 4) is 0 Å². The van der Waals surface area contributed by atoms with Crippen LogP contribution in [0.5, 0.6) is 0 Å². The Hall–Kier alpha value is -1.43. The molecule has 2 aromatic heterocycles. The summed E-state index contributed by atoms with van der Waals surface area (Å²) in [5.74, 6) is -0.450. The normalized spacial score (nSPS) is 10.3. The zero-order valence-electron chi connectivity index (χ0n) is 9.62. The Morgan fingerprint density at radius 3 is 2.58 bits per heavy atom. The van der Waals surface area contributed by atoms with Crippen molar-refractivity contribution < 1.29 is 4.79 Å². The Morgan fingerprint density at radius 1 is 1.16 bits per heavy atom. The molecule has 0 aliphatic heterocycles.